The van der Waals surface area contributed by atoms with Gasteiger partial charge in [0.1, 0.15) is 12.4 Å². The van der Waals surface area contributed by atoms with Crippen LogP contribution >= 0.6 is 0 Å². The molecular formula is C14H22N4O. The van der Waals surface area contributed by atoms with E-state index in [1.807, 2.05) is 24.3 Å². The van der Waals surface area contributed by atoms with Gasteiger partial charge in [0.2, 0.25) is 0 Å². The van der Waals surface area contributed by atoms with E-state index >= 15 is 0 Å². The summed E-state index contributed by atoms with van der Waals surface area (Å²) in [5.74, 6) is 6.03. The molecular weight excluding hydrogens is 240 g/mol. The van der Waals surface area contributed by atoms with Crippen molar-refractivity contribution in [2.24, 2.45) is 10.9 Å². The quantitative estimate of drug-likeness (QED) is 0.480. The lowest BCUT2D eigenvalue weighted by Gasteiger charge is -2.32. The van der Waals surface area contributed by atoms with Gasteiger partial charge in [0.25, 0.3) is 0 Å². The number of nitrogens with zero attached hydrogens (tertiary/aromatic N) is 3. The Kier molecular flexibility index (Phi) is 5.18. The predicted octanol–water partition coefficient (Wildman–Crippen LogP) is 0.605. The van der Waals surface area contributed by atoms with E-state index in [9.17, 15) is 0 Å². The highest BCUT2D eigenvalue weighted by molar-refractivity contribution is 5.83. The van der Waals surface area contributed by atoms with E-state index in [0.29, 0.717) is 6.61 Å². The molecule has 2 N–H and O–H groups in total. The zero-order chi connectivity index (χ0) is 13.5. The van der Waals surface area contributed by atoms with Crippen molar-refractivity contribution in [2.45, 2.75) is 0 Å². The van der Waals surface area contributed by atoms with Gasteiger partial charge < -0.3 is 15.5 Å². The van der Waals surface area contributed by atoms with Crippen molar-refractivity contribution >= 4 is 6.21 Å². The fourth-order valence-corrected chi connectivity index (χ4v) is 2.16. The van der Waals surface area contributed by atoms with Crippen LogP contribution in [0.4, 0.5) is 0 Å². The van der Waals surface area contributed by atoms with E-state index in [0.717, 1.165) is 44.0 Å². The average molecular weight is 262 g/mol. The van der Waals surface area contributed by atoms with Crippen LogP contribution in [0.1, 0.15) is 5.56 Å². The van der Waals surface area contributed by atoms with E-state index < -0.39 is 0 Å². The molecule has 1 fully saturated rings. The Hall–Kier alpha value is -1.59. The van der Waals surface area contributed by atoms with Crippen molar-refractivity contribution in [1.82, 2.24) is 9.80 Å². The molecule has 0 radical (unpaired) electrons. The number of para-hydroxylation sites is 1. The summed E-state index contributed by atoms with van der Waals surface area (Å²) >= 11 is 0. The molecule has 5 heteroatoms. The zero-order valence-electron chi connectivity index (χ0n) is 11.5. The largest absolute Gasteiger partial charge is 0.492 e. The van der Waals surface area contributed by atoms with Gasteiger partial charge in [-0.15, -0.1) is 0 Å². The first kappa shape index (κ1) is 13.8. The molecule has 0 aromatic heterocycles. The molecule has 1 aliphatic heterocycles. The fraction of sp³-hybridized carbons (Fsp3) is 0.500. The van der Waals surface area contributed by atoms with Gasteiger partial charge in [-0.3, -0.25) is 4.90 Å². The second-order valence-electron chi connectivity index (χ2n) is 4.81. The van der Waals surface area contributed by atoms with Crippen LogP contribution < -0.4 is 10.6 Å². The number of likely N-dealkylation sites (N-methyl/N-ethyl adjacent to an activating group) is 1. The van der Waals surface area contributed by atoms with Crippen molar-refractivity contribution < 1.29 is 4.74 Å². The third-order valence-corrected chi connectivity index (χ3v) is 3.39. The summed E-state index contributed by atoms with van der Waals surface area (Å²) in [5.41, 5.74) is 0.920. The first-order chi connectivity index (χ1) is 9.29. The lowest BCUT2D eigenvalue weighted by atomic mass is 10.2. The maximum Gasteiger partial charge on any atom is 0.128 e. The zero-order valence-corrected chi connectivity index (χ0v) is 11.5. The van der Waals surface area contributed by atoms with E-state index in [1.165, 1.54) is 0 Å². The van der Waals surface area contributed by atoms with E-state index in [-0.39, 0.29) is 0 Å². The molecule has 2 rings (SSSR count). The number of nitrogens with two attached hydrogens (primary N) is 1. The van der Waals surface area contributed by atoms with Gasteiger partial charge in [0, 0.05) is 38.3 Å². The summed E-state index contributed by atoms with van der Waals surface area (Å²) < 4.78 is 5.82. The number of hydrogen-bond donors (Lipinski definition) is 1. The van der Waals surface area contributed by atoms with Crippen molar-refractivity contribution in [1.29, 1.82) is 0 Å². The molecule has 104 valence electrons. The first-order valence-corrected chi connectivity index (χ1v) is 6.65. The van der Waals surface area contributed by atoms with Crippen LogP contribution in [0.2, 0.25) is 0 Å². The molecule has 0 saturated carbocycles. The maximum absolute atomic E-state index is 5.82. The molecule has 19 heavy (non-hydrogen) atoms. The molecule has 1 saturated heterocycles. The van der Waals surface area contributed by atoms with Crippen LogP contribution in [0.5, 0.6) is 5.75 Å². The summed E-state index contributed by atoms with van der Waals surface area (Å²) in [6.45, 7) is 6.16. The Balaban J connectivity index is 1.79. The van der Waals surface area contributed by atoms with Crippen molar-refractivity contribution in [3.8, 4) is 5.75 Å². The molecule has 0 atom stereocenters. The number of piperazine rings is 1. The number of hydrazone groups is 1. The molecule has 1 aliphatic rings. The fourth-order valence-electron chi connectivity index (χ4n) is 2.16. The Morgan fingerprint density at radius 2 is 2.00 bits per heavy atom. The highest BCUT2D eigenvalue weighted by Crippen LogP contribution is 2.15. The highest BCUT2D eigenvalue weighted by Gasteiger charge is 2.13. The highest BCUT2D eigenvalue weighted by atomic mass is 16.5. The first-order valence-electron chi connectivity index (χ1n) is 6.65. The molecule has 0 unspecified atom stereocenters. The minimum atomic E-state index is 0.694. The summed E-state index contributed by atoms with van der Waals surface area (Å²) in [6.07, 6.45) is 1.62. The number of rotatable bonds is 5. The van der Waals surface area contributed by atoms with Gasteiger partial charge >= 0.3 is 0 Å². The Morgan fingerprint density at radius 3 is 2.74 bits per heavy atom. The van der Waals surface area contributed by atoms with Crippen LogP contribution in [-0.2, 0) is 0 Å². The summed E-state index contributed by atoms with van der Waals surface area (Å²) in [5, 5.41) is 3.55. The molecule has 0 bridgehead atoms. The summed E-state index contributed by atoms with van der Waals surface area (Å²) in [7, 11) is 2.16. The van der Waals surface area contributed by atoms with Gasteiger partial charge in [-0.2, -0.15) is 5.10 Å². The van der Waals surface area contributed by atoms with Crippen molar-refractivity contribution in [3.63, 3.8) is 0 Å². The van der Waals surface area contributed by atoms with E-state index in [1.54, 1.807) is 6.21 Å². The van der Waals surface area contributed by atoms with E-state index in [4.69, 9.17) is 10.6 Å². The molecule has 1 aromatic carbocycles. The van der Waals surface area contributed by atoms with Gasteiger partial charge in [0.05, 0.1) is 6.21 Å². The monoisotopic (exact) mass is 262 g/mol. The Labute approximate surface area is 114 Å². The minimum absolute atomic E-state index is 0.694. The van der Waals surface area contributed by atoms with Gasteiger partial charge in [-0.25, -0.2) is 0 Å². The van der Waals surface area contributed by atoms with Crippen molar-refractivity contribution in [3.05, 3.63) is 29.8 Å². The third-order valence-electron chi connectivity index (χ3n) is 3.39. The van der Waals surface area contributed by atoms with Gasteiger partial charge in [-0.1, -0.05) is 12.1 Å². The standard InChI is InChI=1S/C14H22N4O/c1-17-6-8-18(9-7-17)10-11-19-14-5-3-2-4-13(14)12-16-15/h2-5,12H,6-11,15H2,1H3. The summed E-state index contributed by atoms with van der Waals surface area (Å²) in [6, 6.07) is 7.80. The lowest BCUT2D eigenvalue weighted by molar-refractivity contribution is 0.133. The van der Waals surface area contributed by atoms with Crippen molar-refractivity contribution in [2.75, 3.05) is 46.4 Å². The van der Waals surface area contributed by atoms with Crippen LogP contribution in [0.25, 0.3) is 0 Å². The smallest absolute Gasteiger partial charge is 0.128 e. The minimum Gasteiger partial charge on any atom is -0.492 e. The molecule has 5 nitrogen and oxygen atoms in total. The normalized spacial score (nSPS) is 17.9. The second kappa shape index (κ2) is 7.11. The molecule has 1 heterocycles. The second-order valence-corrected chi connectivity index (χ2v) is 4.81. The van der Waals surface area contributed by atoms with Gasteiger partial charge in [0.15, 0.2) is 0 Å². The topological polar surface area (TPSA) is 54.1 Å². The Bertz CT molecular complexity index is 414. The molecule has 0 spiro atoms. The van der Waals surface area contributed by atoms with Crippen LogP contribution in [-0.4, -0.2) is 62.4 Å². The number of benzene rings is 1. The summed E-state index contributed by atoms with van der Waals surface area (Å²) in [4.78, 5) is 4.78. The number of ether oxygens (including phenoxy) is 1. The SMILES string of the molecule is CN1CCN(CCOc2ccccc2C=NN)CC1. The molecule has 1 aromatic rings. The van der Waals surface area contributed by atoms with Crippen LogP contribution in [0.3, 0.4) is 0 Å². The average Bonchev–Trinajstić information content (AvgIpc) is 2.43. The van der Waals surface area contributed by atoms with Crippen LogP contribution in [0, 0.1) is 0 Å². The maximum atomic E-state index is 5.82. The Morgan fingerprint density at radius 1 is 1.26 bits per heavy atom. The van der Waals surface area contributed by atoms with Crippen LogP contribution in [0.15, 0.2) is 29.4 Å². The molecule has 0 amide bonds. The molecule has 0 aliphatic carbocycles. The lowest BCUT2D eigenvalue weighted by Crippen LogP contribution is -2.45. The van der Waals surface area contributed by atoms with Gasteiger partial charge in [-0.05, 0) is 19.2 Å². The predicted molar refractivity (Wildman–Crippen MR) is 77.7 cm³/mol. The van der Waals surface area contributed by atoms with E-state index in [2.05, 4.69) is 21.9 Å². The third kappa shape index (κ3) is 4.22. The number of hydrogen-bond acceptors (Lipinski definition) is 5.